The SMILES string of the molecule is CC(C)CS(=O)(=O)N1CCCC(Oc2nccc(C(F)(F)F)n2)C1. The van der Waals surface area contributed by atoms with Crippen LogP contribution in [0.4, 0.5) is 13.2 Å². The zero-order valence-electron chi connectivity index (χ0n) is 13.5. The van der Waals surface area contributed by atoms with Crippen LogP contribution in [0.25, 0.3) is 0 Å². The van der Waals surface area contributed by atoms with E-state index in [2.05, 4.69) is 9.97 Å². The Bertz CT molecular complexity index is 665. The minimum atomic E-state index is -4.58. The summed E-state index contributed by atoms with van der Waals surface area (Å²) < 4.78 is 69.2. The van der Waals surface area contributed by atoms with Gasteiger partial charge in [-0.1, -0.05) is 13.8 Å². The van der Waals surface area contributed by atoms with Crippen molar-refractivity contribution < 1.29 is 26.3 Å². The van der Waals surface area contributed by atoms with Gasteiger partial charge in [0.25, 0.3) is 0 Å². The molecule has 0 spiro atoms. The second-order valence-electron chi connectivity index (χ2n) is 6.13. The Morgan fingerprint density at radius 3 is 2.75 bits per heavy atom. The fourth-order valence-electron chi connectivity index (χ4n) is 2.49. The largest absolute Gasteiger partial charge is 0.459 e. The summed E-state index contributed by atoms with van der Waals surface area (Å²) in [6.07, 6.45) is -3.07. The molecule has 6 nitrogen and oxygen atoms in total. The summed E-state index contributed by atoms with van der Waals surface area (Å²) in [5, 5.41) is 0. The Hall–Kier alpha value is -1.42. The van der Waals surface area contributed by atoms with Crippen molar-refractivity contribution >= 4 is 10.0 Å². The lowest BCUT2D eigenvalue weighted by atomic mass is 10.1. The van der Waals surface area contributed by atoms with Crippen molar-refractivity contribution in [2.75, 3.05) is 18.8 Å². The quantitative estimate of drug-likeness (QED) is 0.799. The van der Waals surface area contributed by atoms with Gasteiger partial charge in [-0.2, -0.15) is 22.5 Å². The molecule has 0 aromatic carbocycles. The molecule has 24 heavy (non-hydrogen) atoms. The van der Waals surface area contributed by atoms with Gasteiger partial charge >= 0.3 is 12.2 Å². The highest BCUT2D eigenvalue weighted by atomic mass is 32.2. The molecule has 0 aliphatic carbocycles. The van der Waals surface area contributed by atoms with E-state index in [1.807, 2.05) is 13.8 Å². The van der Waals surface area contributed by atoms with Crippen molar-refractivity contribution in [1.29, 1.82) is 0 Å². The maximum atomic E-state index is 12.7. The maximum Gasteiger partial charge on any atom is 0.433 e. The van der Waals surface area contributed by atoms with Crippen LogP contribution in [0.5, 0.6) is 6.01 Å². The first-order valence-corrected chi connectivity index (χ1v) is 9.23. The number of nitrogens with zero attached hydrogens (tertiary/aromatic N) is 3. The average molecular weight is 367 g/mol. The second-order valence-corrected chi connectivity index (χ2v) is 8.15. The van der Waals surface area contributed by atoms with Crippen LogP contribution in [-0.4, -0.2) is 47.6 Å². The van der Waals surface area contributed by atoms with E-state index >= 15 is 0 Å². The summed E-state index contributed by atoms with van der Waals surface area (Å²) in [4.78, 5) is 7.03. The molecule has 2 rings (SSSR count). The molecule has 10 heteroatoms. The van der Waals surface area contributed by atoms with E-state index < -0.39 is 34.0 Å². The third kappa shape index (κ3) is 5.04. The third-order valence-electron chi connectivity index (χ3n) is 3.47. The molecule has 1 fully saturated rings. The molecule has 1 aromatic rings. The molecular weight excluding hydrogens is 347 g/mol. The number of hydrogen-bond donors (Lipinski definition) is 0. The highest BCUT2D eigenvalue weighted by Crippen LogP contribution is 2.28. The number of sulfonamides is 1. The van der Waals surface area contributed by atoms with E-state index in [0.29, 0.717) is 19.4 Å². The first-order valence-electron chi connectivity index (χ1n) is 7.62. The van der Waals surface area contributed by atoms with Crippen molar-refractivity contribution in [3.63, 3.8) is 0 Å². The molecule has 1 aliphatic heterocycles. The molecule has 1 aromatic heterocycles. The lowest BCUT2D eigenvalue weighted by molar-refractivity contribution is -0.141. The molecule has 0 radical (unpaired) electrons. The first kappa shape index (κ1) is 18.9. The van der Waals surface area contributed by atoms with Gasteiger partial charge in [0, 0.05) is 12.7 Å². The van der Waals surface area contributed by atoms with E-state index in [1.54, 1.807) is 0 Å². The van der Waals surface area contributed by atoms with Crippen LogP contribution in [0.3, 0.4) is 0 Å². The molecule has 1 saturated heterocycles. The highest BCUT2D eigenvalue weighted by molar-refractivity contribution is 7.89. The lowest BCUT2D eigenvalue weighted by Gasteiger charge is -2.32. The van der Waals surface area contributed by atoms with Gasteiger partial charge in [0.15, 0.2) is 5.69 Å². The molecule has 0 bridgehead atoms. The van der Waals surface area contributed by atoms with Gasteiger partial charge in [0.1, 0.15) is 6.10 Å². The fraction of sp³-hybridized carbons (Fsp3) is 0.714. The van der Waals surface area contributed by atoms with Crippen LogP contribution < -0.4 is 4.74 Å². The van der Waals surface area contributed by atoms with Crippen LogP contribution in [-0.2, 0) is 16.2 Å². The maximum absolute atomic E-state index is 12.7. The first-order chi connectivity index (χ1) is 11.1. The summed E-state index contributed by atoms with van der Waals surface area (Å²) in [7, 11) is -3.41. The standard InChI is InChI=1S/C14H20F3N3O3S/c1-10(2)9-24(21,22)20-7-3-4-11(8-20)23-13-18-6-5-12(19-13)14(15,16)17/h5-6,10-11H,3-4,7-9H2,1-2H3. The van der Waals surface area contributed by atoms with Gasteiger partial charge in [0.2, 0.25) is 10.0 Å². The molecule has 0 N–H and O–H groups in total. The average Bonchev–Trinajstić information content (AvgIpc) is 2.45. The number of hydrogen-bond acceptors (Lipinski definition) is 5. The summed E-state index contributed by atoms with van der Waals surface area (Å²) >= 11 is 0. The molecular formula is C14H20F3N3O3S. The molecule has 1 atom stereocenters. The third-order valence-corrected chi connectivity index (χ3v) is 5.68. The lowest BCUT2D eigenvalue weighted by Crippen LogP contribution is -2.45. The van der Waals surface area contributed by atoms with Gasteiger partial charge < -0.3 is 4.74 Å². The highest BCUT2D eigenvalue weighted by Gasteiger charge is 2.34. The van der Waals surface area contributed by atoms with Gasteiger partial charge in [-0.05, 0) is 24.8 Å². The van der Waals surface area contributed by atoms with Crippen LogP contribution >= 0.6 is 0 Å². The molecule has 1 aliphatic rings. The number of halogens is 3. The topological polar surface area (TPSA) is 72.4 Å². The minimum Gasteiger partial charge on any atom is -0.459 e. The summed E-state index contributed by atoms with van der Waals surface area (Å²) in [5.41, 5.74) is -1.09. The van der Waals surface area contributed by atoms with Gasteiger partial charge in [0.05, 0.1) is 12.3 Å². The van der Waals surface area contributed by atoms with E-state index in [1.165, 1.54) is 4.31 Å². The zero-order chi connectivity index (χ0) is 18.0. The Kier molecular flexibility index (Phi) is 5.69. The van der Waals surface area contributed by atoms with Crippen molar-refractivity contribution in [3.8, 4) is 6.01 Å². The molecule has 136 valence electrons. The number of rotatable bonds is 5. The van der Waals surface area contributed by atoms with Crippen LogP contribution in [0.15, 0.2) is 12.3 Å². The minimum absolute atomic E-state index is 0.0110. The number of alkyl halides is 3. The van der Waals surface area contributed by atoms with E-state index in [0.717, 1.165) is 12.3 Å². The fourth-order valence-corrected chi connectivity index (χ4v) is 4.34. The Labute approximate surface area is 139 Å². The summed E-state index contributed by atoms with van der Waals surface area (Å²) in [5.74, 6) is 0.0165. The van der Waals surface area contributed by atoms with E-state index in [9.17, 15) is 21.6 Å². The van der Waals surface area contributed by atoms with Crippen molar-refractivity contribution in [2.45, 2.75) is 39.0 Å². The second kappa shape index (κ2) is 7.22. The van der Waals surface area contributed by atoms with Gasteiger partial charge in [-0.15, -0.1) is 0 Å². The van der Waals surface area contributed by atoms with Crippen LogP contribution in [0.2, 0.25) is 0 Å². The Balaban J connectivity index is 2.06. The van der Waals surface area contributed by atoms with Crippen molar-refractivity contribution in [3.05, 3.63) is 18.0 Å². The number of ether oxygens (including phenoxy) is 1. The van der Waals surface area contributed by atoms with Crippen molar-refractivity contribution in [1.82, 2.24) is 14.3 Å². The van der Waals surface area contributed by atoms with Gasteiger partial charge in [-0.3, -0.25) is 0 Å². The zero-order valence-corrected chi connectivity index (χ0v) is 14.3. The summed E-state index contributed by atoms with van der Waals surface area (Å²) in [6, 6.07) is 0.366. The van der Waals surface area contributed by atoms with Crippen LogP contribution in [0.1, 0.15) is 32.4 Å². The monoisotopic (exact) mass is 367 g/mol. The van der Waals surface area contributed by atoms with Crippen molar-refractivity contribution in [2.24, 2.45) is 5.92 Å². The Morgan fingerprint density at radius 2 is 2.12 bits per heavy atom. The number of aromatic nitrogens is 2. The molecule has 1 unspecified atom stereocenters. The van der Waals surface area contributed by atoms with E-state index in [4.69, 9.17) is 4.74 Å². The number of piperidine rings is 1. The molecule has 0 saturated carbocycles. The predicted molar refractivity (Wildman–Crippen MR) is 80.9 cm³/mol. The van der Waals surface area contributed by atoms with Crippen LogP contribution in [0, 0.1) is 5.92 Å². The molecule has 0 amide bonds. The van der Waals surface area contributed by atoms with E-state index in [-0.39, 0.29) is 18.2 Å². The predicted octanol–water partition coefficient (Wildman–Crippen LogP) is 2.32. The normalized spacial score (nSPS) is 20.3. The molecule has 2 heterocycles. The van der Waals surface area contributed by atoms with Gasteiger partial charge in [-0.25, -0.2) is 13.4 Å². The smallest absolute Gasteiger partial charge is 0.433 e. The Morgan fingerprint density at radius 1 is 1.42 bits per heavy atom. The summed E-state index contributed by atoms with van der Waals surface area (Å²) in [6.45, 7) is 4.10.